The smallest absolute Gasteiger partial charge is 0.335 e. The van der Waals surface area contributed by atoms with E-state index in [0.29, 0.717) is 12.8 Å². The summed E-state index contributed by atoms with van der Waals surface area (Å²) >= 11 is 0. The zero-order valence-corrected chi connectivity index (χ0v) is 8.91. The third kappa shape index (κ3) is 2.91. The number of hydrogen-bond donors (Lipinski definition) is 1. The van der Waals surface area contributed by atoms with Crippen LogP contribution in [0.3, 0.4) is 0 Å². The first-order valence-electron chi connectivity index (χ1n) is 4.89. The molecule has 0 bridgehead atoms. The Morgan fingerprint density at radius 3 is 2.53 bits per heavy atom. The number of rotatable bonds is 4. The van der Waals surface area contributed by atoms with Crippen molar-refractivity contribution < 1.29 is 14.7 Å². The molecule has 0 saturated heterocycles. The summed E-state index contributed by atoms with van der Waals surface area (Å²) in [5.74, 6) is -0.833. The maximum Gasteiger partial charge on any atom is 0.335 e. The molecule has 0 spiro atoms. The van der Waals surface area contributed by atoms with E-state index in [0.717, 1.165) is 11.1 Å². The van der Waals surface area contributed by atoms with Crippen LogP contribution in [0.1, 0.15) is 34.8 Å². The highest BCUT2D eigenvalue weighted by Gasteiger charge is 2.08. The van der Waals surface area contributed by atoms with Gasteiger partial charge in [-0.05, 0) is 30.2 Å². The summed E-state index contributed by atoms with van der Waals surface area (Å²) in [7, 11) is 0. The van der Waals surface area contributed by atoms with E-state index in [-0.39, 0.29) is 11.3 Å². The molecule has 1 aromatic rings. The summed E-state index contributed by atoms with van der Waals surface area (Å²) in [5.41, 5.74) is 2.00. The predicted octanol–water partition coefficient (Wildman–Crippen LogP) is 2.21. The highest BCUT2D eigenvalue weighted by molar-refractivity contribution is 5.88. The number of Topliss-reactive ketones (excluding diaryl/α,β-unsaturated/α-hetero) is 1. The summed E-state index contributed by atoms with van der Waals surface area (Å²) in [4.78, 5) is 22.0. The van der Waals surface area contributed by atoms with Crippen LogP contribution in [-0.2, 0) is 11.2 Å². The quantitative estimate of drug-likeness (QED) is 0.821. The van der Waals surface area contributed by atoms with Crippen molar-refractivity contribution in [1.29, 1.82) is 0 Å². The van der Waals surface area contributed by atoms with Gasteiger partial charge in [0, 0.05) is 12.8 Å². The third-order valence-corrected chi connectivity index (χ3v) is 2.38. The summed E-state index contributed by atoms with van der Waals surface area (Å²) < 4.78 is 0. The summed E-state index contributed by atoms with van der Waals surface area (Å²) in [6.45, 7) is 3.68. The Bertz CT molecular complexity index is 394. The number of hydrogen-bond acceptors (Lipinski definition) is 2. The first-order valence-corrected chi connectivity index (χ1v) is 4.89. The lowest BCUT2D eigenvalue weighted by Gasteiger charge is -2.05. The topological polar surface area (TPSA) is 54.4 Å². The Labute approximate surface area is 88.7 Å². The normalized spacial score (nSPS) is 10.0. The van der Waals surface area contributed by atoms with Crippen molar-refractivity contribution in [2.75, 3.05) is 0 Å². The molecule has 0 fully saturated rings. The van der Waals surface area contributed by atoms with Crippen molar-refractivity contribution >= 4 is 11.8 Å². The van der Waals surface area contributed by atoms with E-state index in [2.05, 4.69) is 0 Å². The zero-order valence-electron chi connectivity index (χ0n) is 8.91. The van der Waals surface area contributed by atoms with Crippen LogP contribution < -0.4 is 0 Å². The van der Waals surface area contributed by atoms with Gasteiger partial charge >= 0.3 is 5.97 Å². The first kappa shape index (κ1) is 11.4. The number of ketones is 1. The molecule has 0 radical (unpaired) electrons. The Morgan fingerprint density at radius 2 is 2.00 bits per heavy atom. The Kier molecular flexibility index (Phi) is 3.61. The molecule has 1 N–H and O–H groups in total. The van der Waals surface area contributed by atoms with Crippen LogP contribution in [0.5, 0.6) is 0 Å². The van der Waals surface area contributed by atoms with Gasteiger partial charge in [-0.2, -0.15) is 0 Å². The lowest BCUT2D eigenvalue weighted by Crippen LogP contribution is -2.05. The number of carbonyl (C=O) groups excluding carboxylic acids is 1. The van der Waals surface area contributed by atoms with Gasteiger partial charge in [0.25, 0.3) is 0 Å². The van der Waals surface area contributed by atoms with Gasteiger partial charge in [-0.15, -0.1) is 0 Å². The minimum atomic E-state index is -0.958. The van der Waals surface area contributed by atoms with E-state index in [4.69, 9.17) is 5.11 Å². The molecule has 15 heavy (non-hydrogen) atoms. The zero-order chi connectivity index (χ0) is 11.4. The second kappa shape index (κ2) is 4.73. The van der Waals surface area contributed by atoms with Crippen molar-refractivity contribution in [2.45, 2.75) is 26.7 Å². The molecule has 0 saturated carbocycles. The summed E-state index contributed by atoms with van der Waals surface area (Å²) in [6.07, 6.45) is 0.806. The van der Waals surface area contributed by atoms with Crippen molar-refractivity contribution in [3.63, 3.8) is 0 Å². The van der Waals surface area contributed by atoms with Crippen molar-refractivity contribution in [3.8, 4) is 0 Å². The lowest BCUT2D eigenvalue weighted by molar-refractivity contribution is -0.118. The molecule has 3 heteroatoms. The number of aromatic carboxylic acids is 1. The molecule has 0 aliphatic heterocycles. The third-order valence-electron chi connectivity index (χ3n) is 2.38. The van der Waals surface area contributed by atoms with Crippen LogP contribution in [0.4, 0.5) is 0 Å². The summed E-state index contributed by atoms with van der Waals surface area (Å²) in [6, 6.07) is 4.87. The van der Waals surface area contributed by atoms with E-state index < -0.39 is 5.97 Å². The lowest BCUT2D eigenvalue weighted by atomic mass is 10.00. The fourth-order valence-electron chi connectivity index (χ4n) is 1.33. The van der Waals surface area contributed by atoms with E-state index in [1.807, 2.05) is 6.92 Å². The van der Waals surface area contributed by atoms with Gasteiger partial charge in [0.1, 0.15) is 5.78 Å². The number of benzene rings is 1. The average Bonchev–Trinajstić information content (AvgIpc) is 2.20. The number of carboxylic acids is 1. The fraction of sp³-hybridized carbons (Fsp3) is 0.333. The van der Waals surface area contributed by atoms with Gasteiger partial charge in [-0.3, -0.25) is 4.79 Å². The van der Waals surface area contributed by atoms with E-state index in [1.165, 1.54) is 0 Å². The van der Waals surface area contributed by atoms with Crippen molar-refractivity contribution in [2.24, 2.45) is 0 Å². The van der Waals surface area contributed by atoms with E-state index in [9.17, 15) is 9.59 Å². The van der Waals surface area contributed by atoms with Gasteiger partial charge in [-0.1, -0.05) is 13.0 Å². The molecule has 1 rings (SSSR count). The molecular weight excluding hydrogens is 192 g/mol. The van der Waals surface area contributed by atoms with Crippen LogP contribution in [0.2, 0.25) is 0 Å². The number of carboxylic acid groups (broad SMARTS) is 1. The molecule has 0 aliphatic carbocycles. The molecule has 0 heterocycles. The molecule has 0 atom stereocenters. The van der Waals surface area contributed by atoms with Crippen LogP contribution in [0, 0.1) is 6.92 Å². The molecule has 1 aromatic carbocycles. The van der Waals surface area contributed by atoms with Gasteiger partial charge in [0.15, 0.2) is 0 Å². The van der Waals surface area contributed by atoms with Gasteiger partial charge in [0.05, 0.1) is 5.56 Å². The average molecular weight is 206 g/mol. The minimum absolute atomic E-state index is 0.126. The fourth-order valence-corrected chi connectivity index (χ4v) is 1.33. The van der Waals surface area contributed by atoms with Crippen LogP contribution in [0.25, 0.3) is 0 Å². The number of aryl methyl sites for hydroxylation is 1. The van der Waals surface area contributed by atoms with E-state index >= 15 is 0 Å². The van der Waals surface area contributed by atoms with E-state index in [1.54, 1.807) is 25.1 Å². The molecule has 0 aliphatic rings. The van der Waals surface area contributed by atoms with Crippen LogP contribution >= 0.6 is 0 Å². The van der Waals surface area contributed by atoms with Gasteiger partial charge < -0.3 is 5.11 Å². The molecule has 80 valence electrons. The maximum atomic E-state index is 11.3. The molecule has 3 nitrogen and oxygen atoms in total. The Hall–Kier alpha value is -1.64. The highest BCUT2D eigenvalue weighted by Crippen LogP contribution is 2.13. The number of carbonyl (C=O) groups is 2. The van der Waals surface area contributed by atoms with Gasteiger partial charge in [-0.25, -0.2) is 4.79 Å². The molecule has 0 unspecified atom stereocenters. The van der Waals surface area contributed by atoms with Crippen molar-refractivity contribution in [3.05, 3.63) is 34.9 Å². The summed E-state index contributed by atoms with van der Waals surface area (Å²) in [5, 5.41) is 8.81. The second-order valence-corrected chi connectivity index (χ2v) is 3.52. The first-order chi connectivity index (χ1) is 7.04. The Balaban J connectivity index is 3.00. The van der Waals surface area contributed by atoms with Crippen LogP contribution in [0.15, 0.2) is 18.2 Å². The largest absolute Gasteiger partial charge is 0.478 e. The predicted molar refractivity (Wildman–Crippen MR) is 57.1 cm³/mol. The van der Waals surface area contributed by atoms with Crippen LogP contribution in [-0.4, -0.2) is 16.9 Å². The minimum Gasteiger partial charge on any atom is -0.478 e. The standard InChI is InChI=1S/C12H14O3/c1-3-11(13)7-10-6-9(12(14)15)5-4-8(10)2/h4-6H,3,7H2,1-2H3,(H,14,15). The highest BCUT2D eigenvalue weighted by atomic mass is 16.4. The molecule has 0 aromatic heterocycles. The second-order valence-electron chi connectivity index (χ2n) is 3.52. The Morgan fingerprint density at radius 1 is 1.33 bits per heavy atom. The SMILES string of the molecule is CCC(=O)Cc1cc(C(=O)O)ccc1C. The monoisotopic (exact) mass is 206 g/mol. The molecular formula is C12H14O3. The maximum absolute atomic E-state index is 11.3. The molecule has 0 amide bonds. The van der Waals surface area contributed by atoms with Gasteiger partial charge in [0.2, 0.25) is 0 Å². The van der Waals surface area contributed by atoms with Crippen molar-refractivity contribution in [1.82, 2.24) is 0 Å².